The number of nitrogens with two attached hydrogens (primary N) is 1. The molecule has 0 fully saturated rings. The smallest absolute Gasteiger partial charge is 0.160 e. The standard InChI is InChI=1S/C9H12ClNOS/c1-12-9-7(10)4-3-6(5-13-2)8(9)11/h3-4H,5,11H2,1-2H3. The maximum Gasteiger partial charge on any atom is 0.160 e. The summed E-state index contributed by atoms with van der Waals surface area (Å²) in [7, 11) is 1.57. The van der Waals surface area contributed by atoms with Crippen LogP contribution in [-0.2, 0) is 5.75 Å². The summed E-state index contributed by atoms with van der Waals surface area (Å²) in [6.07, 6.45) is 2.03. The summed E-state index contributed by atoms with van der Waals surface area (Å²) in [6.45, 7) is 0. The van der Waals surface area contributed by atoms with Crippen molar-refractivity contribution in [2.24, 2.45) is 0 Å². The monoisotopic (exact) mass is 217 g/mol. The van der Waals surface area contributed by atoms with Crippen molar-refractivity contribution in [2.45, 2.75) is 5.75 Å². The van der Waals surface area contributed by atoms with Crippen LogP contribution in [-0.4, -0.2) is 13.4 Å². The largest absolute Gasteiger partial charge is 0.493 e. The van der Waals surface area contributed by atoms with E-state index < -0.39 is 0 Å². The molecule has 13 heavy (non-hydrogen) atoms. The molecule has 2 nitrogen and oxygen atoms in total. The molecule has 0 amide bonds. The third-order valence-corrected chi connectivity index (χ3v) is 2.64. The Bertz CT molecular complexity index is 304. The molecule has 0 aliphatic heterocycles. The molecule has 0 atom stereocenters. The fourth-order valence-electron chi connectivity index (χ4n) is 1.10. The van der Waals surface area contributed by atoms with E-state index in [1.807, 2.05) is 18.4 Å². The van der Waals surface area contributed by atoms with E-state index in [0.29, 0.717) is 16.5 Å². The number of anilines is 1. The lowest BCUT2D eigenvalue weighted by Gasteiger charge is -2.10. The Kier molecular flexibility index (Phi) is 3.75. The molecule has 1 rings (SSSR count). The van der Waals surface area contributed by atoms with Crippen molar-refractivity contribution in [3.63, 3.8) is 0 Å². The molecule has 0 saturated carbocycles. The first-order valence-electron chi connectivity index (χ1n) is 3.80. The highest BCUT2D eigenvalue weighted by Gasteiger charge is 2.08. The Morgan fingerprint density at radius 2 is 2.23 bits per heavy atom. The van der Waals surface area contributed by atoms with Crippen LogP contribution in [0, 0.1) is 0 Å². The third kappa shape index (κ3) is 2.23. The lowest BCUT2D eigenvalue weighted by Crippen LogP contribution is -1.97. The molecule has 0 spiro atoms. The topological polar surface area (TPSA) is 35.2 Å². The van der Waals surface area contributed by atoms with Crippen LogP contribution in [0.15, 0.2) is 12.1 Å². The van der Waals surface area contributed by atoms with Crippen molar-refractivity contribution in [1.82, 2.24) is 0 Å². The first-order valence-corrected chi connectivity index (χ1v) is 5.57. The summed E-state index contributed by atoms with van der Waals surface area (Å²) in [4.78, 5) is 0. The summed E-state index contributed by atoms with van der Waals surface area (Å²) in [5, 5.41) is 0.560. The summed E-state index contributed by atoms with van der Waals surface area (Å²) in [5.41, 5.74) is 7.56. The van der Waals surface area contributed by atoms with Crippen molar-refractivity contribution in [3.05, 3.63) is 22.7 Å². The highest BCUT2D eigenvalue weighted by Crippen LogP contribution is 2.34. The summed E-state index contributed by atoms with van der Waals surface area (Å²) in [5.74, 6) is 1.45. The number of halogens is 1. The van der Waals surface area contributed by atoms with E-state index >= 15 is 0 Å². The minimum absolute atomic E-state index is 0.560. The number of benzene rings is 1. The average Bonchev–Trinajstić information content (AvgIpc) is 2.11. The van der Waals surface area contributed by atoms with Gasteiger partial charge in [-0.15, -0.1) is 0 Å². The maximum atomic E-state index is 5.89. The van der Waals surface area contributed by atoms with Crippen molar-refractivity contribution in [3.8, 4) is 5.75 Å². The Morgan fingerprint density at radius 1 is 1.54 bits per heavy atom. The maximum absolute atomic E-state index is 5.89. The van der Waals surface area contributed by atoms with E-state index in [2.05, 4.69) is 0 Å². The molecule has 0 aliphatic carbocycles. The molecule has 4 heteroatoms. The van der Waals surface area contributed by atoms with Crippen LogP contribution in [0.2, 0.25) is 5.02 Å². The van der Waals surface area contributed by atoms with Crippen LogP contribution >= 0.6 is 23.4 Å². The third-order valence-electron chi connectivity index (χ3n) is 1.74. The molecule has 0 bridgehead atoms. The molecule has 2 N–H and O–H groups in total. The number of nitrogen functional groups attached to an aromatic ring is 1. The van der Waals surface area contributed by atoms with Crippen LogP contribution in [0.4, 0.5) is 5.69 Å². The van der Waals surface area contributed by atoms with Gasteiger partial charge >= 0.3 is 0 Å². The van der Waals surface area contributed by atoms with Crippen molar-refractivity contribution < 1.29 is 4.74 Å². The second-order valence-corrected chi connectivity index (χ2v) is 3.86. The van der Waals surface area contributed by atoms with Gasteiger partial charge in [-0.05, 0) is 17.9 Å². The van der Waals surface area contributed by atoms with Gasteiger partial charge < -0.3 is 10.5 Å². The second kappa shape index (κ2) is 4.63. The molecule has 0 aromatic heterocycles. The molecule has 0 heterocycles. The first kappa shape index (κ1) is 10.5. The molecular formula is C9H12ClNOS. The number of rotatable bonds is 3. The van der Waals surface area contributed by atoms with Crippen LogP contribution in [0.3, 0.4) is 0 Å². The predicted molar refractivity (Wildman–Crippen MR) is 59.6 cm³/mol. The van der Waals surface area contributed by atoms with Crippen LogP contribution in [0.25, 0.3) is 0 Å². The van der Waals surface area contributed by atoms with Crippen LogP contribution in [0.5, 0.6) is 5.75 Å². The normalized spacial score (nSPS) is 10.1. The van der Waals surface area contributed by atoms with Gasteiger partial charge in [-0.1, -0.05) is 17.7 Å². The van der Waals surface area contributed by atoms with Gasteiger partial charge in [0.15, 0.2) is 5.75 Å². The van der Waals surface area contributed by atoms with Gasteiger partial charge in [0.25, 0.3) is 0 Å². The van der Waals surface area contributed by atoms with E-state index in [1.165, 1.54) is 0 Å². The van der Waals surface area contributed by atoms with Crippen LogP contribution in [0.1, 0.15) is 5.56 Å². The molecule has 0 aliphatic rings. The van der Waals surface area contributed by atoms with E-state index in [0.717, 1.165) is 11.3 Å². The number of ether oxygens (including phenoxy) is 1. The minimum Gasteiger partial charge on any atom is -0.493 e. The zero-order valence-corrected chi connectivity index (χ0v) is 9.21. The predicted octanol–water partition coefficient (Wildman–Crippen LogP) is 2.79. The molecular weight excluding hydrogens is 206 g/mol. The molecule has 0 radical (unpaired) electrons. The zero-order valence-electron chi connectivity index (χ0n) is 7.63. The number of thioether (sulfide) groups is 1. The highest BCUT2D eigenvalue weighted by molar-refractivity contribution is 7.97. The summed E-state index contributed by atoms with van der Waals surface area (Å²) < 4.78 is 5.10. The number of hydrogen-bond acceptors (Lipinski definition) is 3. The lowest BCUT2D eigenvalue weighted by molar-refractivity contribution is 0.417. The Morgan fingerprint density at radius 3 is 2.77 bits per heavy atom. The SMILES string of the molecule is COc1c(Cl)ccc(CSC)c1N. The van der Waals surface area contributed by atoms with E-state index in [4.69, 9.17) is 22.1 Å². The molecule has 72 valence electrons. The van der Waals surface area contributed by atoms with E-state index in [9.17, 15) is 0 Å². The van der Waals surface area contributed by atoms with Gasteiger partial charge in [0.1, 0.15) is 0 Å². The van der Waals surface area contributed by atoms with E-state index in [1.54, 1.807) is 18.9 Å². The second-order valence-electron chi connectivity index (χ2n) is 2.59. The zero-order chi connectivity index (χ0) is 9.84. The summed E-state index contributed by atoms with van der Waals surface area (Å²) in [6, 6.07) is 3.74. The molecule has 1 aromatic rings. The number of hydrogen-bond donors (Lipinski definition) is 1. The fraction of sp³-hybridized carbons (Fsp3) is 0.333. The van der Waals surface area contributed by atoms with Crippen molar-refractivity contribution in [1.29, 1.82) is 0 Å². The Labute approximate surface area is 87.4 Å². The fourth-order valence-corrected chi connectivity index (χ4v) is 1.91. The lowest BCUT2D eigenvalue weighted by atomic mass is 10.2. The Balaban J connectivity index is 3.11. The molecule has 0 unspecified atom stereocenters. The number of methoxy groups -OCH3 is 1. The average molecular weight is 218 g/mol. The van der Waals surface area contributed by atoms with Gasteiger partial charge in [0, 0.05) is 5.75 Å². The molecule has 0 saturated heterocycles. The van der Waals surface area contributed by atoms with Gasteiger partial charge in [0.05, 0.1) is 17.8 Å². The summed E-state index contributed by atoms with van der Waals surface area (Å²) >= 11 is 7.61. The minimum atomic E-state index is 0.560. The van der Waals surface area contributed by atoms with Gasteiger partial charge in [-0.3, -0.25) is 0 Å². The van der Waals surface area contributed by atoms with Gasteiger partial charge in [0.2, 0.25) is 0 Å². The quantitative estimate of drug-likeness (QED) is 0.791. The van der Waals surface area contributed by atoms with Crippen LogP contribution < -0.4 is 10.5 Å². The van der Waals surface area contributed by atoms with Gasteiger partial charge in [-0.25, -0.2) is 0 Å². The van der Waals surface area contributed by atoms with E-state index in [-0.39, 0.29) is 0 Å². The van der Waals surface area contributed by atoms with Crippen molar-refractivity contribution >= 4 is 29.1 Å². The molecule has 1 aromatic carbocycles. The highest BCUT2D eigenvalue weighted by atomic mass is 35.5. The first-order chi connectivity index (χ1) is 6.20. The van der Waals surface area contributed by atoms with Gasteiger partial charge in [-0.2, -0.15) is 11.8 Å². The Hall–Kier alpha value is -0.540. The van der Waals surface area contributed by atoms with Crippen molar-refractivity contribution in [2.75, 3.05) is 19.1 Å².